The summed E-state index contributed by atoms with van der Waals surface area (Å²) in [5.41, 5.74) is 1.01. The third-order valence-electron chi connectivity index (χ3n) is 2.66. The molecule has 0 fully saturated rings. The van der Waals surface area contributed by atoms with Gasteiger partial charge in [-0.15, -0.1) is 10.2 Å². The molecule has 0 radical (unpaired) electrons. The zero-order valence-electron chi connectivity index (χ0n) is 10.0. The summed E-state index contributed by atoms with van der Waals surface area (Å²) in [6.07, 6.45) is 1.89. The molecule has 3 rings (SSSR count). The number of halogens is 1. The summed E-state index contributed by atoms with van der Waals surface area (Å²) in [6, 6.07) is 10.8. The van der Waals surface area contributed by atoms with Crippen LogP contribution in [0, 0.1) is 0 Å². The monoisotopic (exact) mass is 349 g/mol. The number of hydrogen-bond acceptors (Lipinski definition) is 4. The van der Waals surface area contributed by atoms with Crippen LogP contribution in [0.5, 0.6) is 0 Å². The predicted octanol–water partition coefficient (Wildman–Crippen LogP) is 3.34. The zero-order valence-corrected chi connectivity index (χ0v) is 12.4. The predicted molar refractivity (Wildman–Crippen MR) is 78.2 cm³/mol. The van der Waals surface area contributed by atoms with Crippen LogP contribution in [0.3, 0.4) is 0 Å². The maximum Gasteiger partial charge on any atom is 0.336 e. The van der Waals surface area contributed by atoms with Gasteiger partial charge in [-0.3, -0.25) is 4.40 Å². The summed E-state index contributed by atoms with van der Waals surface area (Å²) in [6.45, 7) is 0. The largest absolute Gasteiger partial charge is 0.478 e. The Morgan fingerprint density at radius 2 is 2.10 bits per heavy atom. The van der Waals surface area contributed by atoms with Gasteiger partial charge in [-0.05, 0) is 58.0 Å². The van der Waals surface area contributed by atoms with Crippen molar-refractivity contribution in [2.45, 2.75) is 10.1 Å². The average Bonchev–Trinajstić information content (AvgIpc) is 2.82. The van der Waals surface area contributed by atoms with Crippen molar-refractivity contribution in [3.63, 3.8) is 0 Å². The molecule has 100 valence electrons. The fourth-order valence-corrected chi connectivity index (χ4v) is 3.29. The van der Waals surface area contributed by atoms with Gasteiger partial charge in [0.2, 0.25) is 0 Å². The minimum absolute atomic E-state index is 0.237. The highest BCUT2D eigenvalue weighted by atomic mass is 79.9. The Hall–Kier alpha value is -1.86. The number of aromatic carboxylic acids is 1. The standard InChI is InChI=1S/C13H8BrN3O2S/c14-10-7-8(4-5-9(10)12(18)19)20-13-16-15-11-3-1-2-6-17(11)13/h1-7H,(H,18,19). The molecule has 0 aliphatic heterocycles. The lowest BCUT2D eigenvalue weighted by Gasteiger charge is -2.03. The van der Waals surface area contributed by atoms with Crippen molar-refractivity contribution in [1.82, 2.24) is 14.6 Å². The molecule has 2 heterocycles. The van der Waals surface area contributed by atoms with Crippen molar-refractivity contribution in [3.05, 3.63) is 52.6 Å². The van der Waals surface area contributed by atoms with Gasteiger partial charge in [-0.1, -0.05) is 6.07 Å². The number of rotatable bonds is 3. The first-order valence-corrected chi connectivity index (χ1v) is 7.26. The molecule has 0 spiro atoms. The second-order valence-corrected chi connectivity index (χ2v) is 5.86. The first-order chi connectivity index (χ1) is 9.65. The Morgan fingerprint density at radius 3 is 2.85 bits per heavy atom. The first kappa shape index (κ1) is 13.1. The Labute approximate surface area is 126 Å². The molecule has 0 saturated heterocycles. The van der Waals surface area contributed by atoms with Gasteiger partial charge in [0.15, 0.2) is 10.8 Å². The number of carboxylic acids is 1. The molecule has 0 atom stereocenters. The summed E-state index contributed by atoms with van der Waals surface area (Å²) < 4.78 is 2.42. The van der Waals surface area contributed by atoms with Gasteiger partial charge in [-0.2, -0.15) is 0 Å². The quantitative estimate of drug-likeness (QED) is 0.785. The van der Waals surface area contributed by atoms with Crippen molar-refractivity contribution in [2.24, 2.45) is 0 Å². The molecule has 2 aromatic heterocycles. The van der Waals surface area contributed by atoms with Gasteiger partial charge in [0.1, 0.15) is 0 Å². The van der Waals surface area contributed by atoms with Crippen molar-refractivity contribution in [1.29, 1.82) is 0 Å². The van der Waals surface area contributed by atoms with E-state index in [0.717, 1.165) is 15.7 Å². The highest BCUT2D eigenvalue weighted by molar-refractivity contribution is 9.10. The van der Waals surface area contributed by atoms with Crippen molar-refractivity contribution in [3.8, 4) is 0 Å². The Kier molecular flexibility index (Phi) is 3.45. The first-order valence-electron chi connectivity index (χ1n) is 5.65. The van der Waals surface area contributed by atoms with E-state index in [1.165, 1.54) is 11.8 Å². The number of carboxylic acid groups (broad SMARTS) is 1. The van der Waals surface area contributed by atoms with Crippen molar-refractivity contribution >= 4 is 39.3 Å². The molecule has 1 aromatic carbocycles. The molecule has 0 bridgehead atoms. The molecule has 3 aromatic rings. The molecule has 0 aliphatic rings. The normalized spacial score (nSPS) is 10.8. The summed E-state index contributed by atoms with van der Waals surface area (Å²) in [5, 5.41) is 17.9. The highest BCUT2D eigenvalue weighted by Crippen LogP contribution is 2.30. The van der Waals surface area contributed by atoms with Crippen molar-refractivity contribution in [2.75, 3.05) is 0 Å². The fourth-order valence-electron chi connectivity index (χ4n) is 1.73. The number of fused-ring (bicyclic) bond motifs is 1. The number of aromatic nitrogens is 3. The molecule has 7 heteroatoms. The SMILES string of the molecule is O=C(O)c1ccc(Sc2nnc3ccccn23)cc1Br. The van der Waals surface area contributed by atoms with Crippen LogP contribution in [-0.2, 0) is 0 Å². The summed E-state index contributed by atoms with van der Waals surface area (Å²) in [5.74, 6) is -0.957. The van der Waals surface area contributed by atoms with Gasteiger partial charge < -0.3 is 5.11 Å². The minimum Gasteiger partial charge on any atom is -0.478 e. The van der Waals surface area contributed by atoms with E-state index in [1.807, 2.05) is 28.8 Å². The van der Waals surface area contributed by atoms with Gasteiger partial charge in [0.25, 0.3) is 0 Å². The maximum atomic E-state index is 11.0. The molecule has 1 N–H and O–H groups in total. The Morgan fingerprint density at radius 1 is 1.25 bits per heavy atom. The number of pyridine rings is 1. The highest BCUT2D eigenvalue weighted by Gasteiger charge is 2.11. The third-order valence-corrected chi connectivity index (χ3v) is 4.27. The molecule has 20 heavy (non-hydrogen) atoms. The van der Waals surface area contributed by atoms with E-state index in [9.17, 15) is 4.79 Å². The number of carbonyl (C=O) groups is 1. The van der Waals surface area contributed by atoms with Gasteiger partial charge in [-0.25, -0.2) is 4.79 Å². The van der Waals surface area contributed by atoms with E-state index >= 15 is 0 Å². The number of hydrogen-bond donors (Lipinski definition) is 1. The molecule has 5 nitrogen and oxygen atoms in total. The molecule has 0 unspecified atom stereocenters. The Balaban J connectivity index is 1.95. The Bertz CT molecular complexity index is 803. The lowest BCUT2D eigenvalue weighted by molar-refractivity contribution is 0.0696. The van der Waals surface area contributed by atoms with Crippen LogP contribution < -0.4 is 0 Å². The van der Waals surface area contributed by atoms with Crippen LogP contribution in [0.2, 0.25) is 0 Å². The summed E-state index contributed by atoms with van der Waals surface area (Å²) in [4.78, 5) is 11.9. The van der Waals surface area contributed by atoms with Gasteiger partial charge in [0.05, 0.1) is 5.56 Å². The summed E-state index contributed by atoms with van der Waals surface area (Å²) in [7, 11) is 0. The topological polar surface area (TPSA) is 67.5 Å². The van der Waals surface area contributed by atoms with Crippen LogP contribution in [0.25, 0.3) is 5.65 Å². The average molecular weight is 350 g/mol. The smallest absolute Gasteiger partial charge is 0.336 e. The van der Waals surface area contributed by atoms with Crippen molar-refractivity contribution < 1.29 is 9.90 Å². The van der Waals surface area contributed by atoms with Crippen LogP contribution in [0.15, 0.2) is 57.1 Å². The minimum atomic E-state index is -0.957. The van der Waals surface area contributed by atoms with Gasteiger partial charge >= 0.3 is 5.97 Å². The molecular weight excluding hydrogens is 342 g/mol. The van der Waals surface area contributed by atoms with Gasteiger partial charge in [0, 0.05) is 15.6 Å². The van der Waals surface area contributed by atoms with E-state index in [1.54, 1.807) is 18.2 Å². The van der Waals surface area contributed by atoms with Crippen LogP contribution in [0.4, 0.5) is 0 Å². The lowest BCUT2D eigenvalue weighted by Crippen LogP contribution is -1.97. The lowest BCUT2D eigenvalue weighted by atomic mass is 10.2. The van der Waals surface area contributed by atoms with E-state index < -0.39 is 5.97 Å². The molecule has 0 amide bonds. The second-order valence-electron chi connectivity index (χ2n) is 3.96. The zero-order chi connectivity index (χ0) is 14.1. The third kappa shape index (κ3) is 2.41. The second kappa shape index (κ2) is 5.26. The summed E-state index contributed by atoms with van der Waals surface area (Å²) >= 11 is 4.69. The maximum absolute atomic E-state index is 11.0. The molecular formula is C13H8BrN3O2S. The van der Waals surface area contributed by atoms with E-state index in [4.69, 9.17) is 5.11 Å². The number of benzene rings is 1. The van der Waals surface area contributed by atoms with E-state index in [2.05, 4.69) is 26.1 Å². The van der Waals surface area contributed by atoms with Crippen LogP contribution in [0.1, 0.15) is 10.4 Å². The van der Waals surface area contributed by atoms with Crippen LogP contribution in [-0.4, -0.2) is 25.7 Å². The molecule has 0 saturated carbocycles. The van der Waals surface area contributed by atoms with E-state index in [-0.39, 0.29) is 5.56 Å². The van der Waals surface area contributed by atoms with E-state index in [0.29, 0.717) is 4.47 Å². The fraction of sp³-hybridized carbons (Fsp3) is 0. The molecule has 0 aliphatic carbocycles. The number of nitrogens with zero attached hydrogens (tertiary/aromatic N) is 3. The van der Waals surface area contributed by atoms with Crippen LogP contribution >= 0.6 is 27.7 Å².